The third-order valence-electron chi connectivity index (χ3n) is 4.13. The number of rotatable bonds is 5. The van der Waals surface area contributed by atoms with Crippen LogP contribution in [-0.2, 0) is 0 Å². The Morgan fingerprint density at radius 2 is 2.00 bits per heavy atom. The van der Waals surface area contributed by atoms with Gasteiger partial charge in [-0.05, 0) is 51.7 Å². The van der Waals surface area contributed by atoms with Crippen molar-refractivity contribution in [2.45, 2.75) is 52.5 Å². The summed E-state index contributed by atoms with van der Waals surface area (Å²) >= 11 is 0. The highest BCUT2D eigenvalue weighted by Gasteiger charge is 2.23. The van der Waals surface area contributed by atoms with Crippen LogP contribution in [0.5, 0.6) is 0 Å². The minimum Gasteiger partial charge on any atom is -0.313 e. The minimum atomic E-state index is 0.456. The van der Waals surface area contributed by atoms with Crippen LogP contribution in [0.15, 0.2) is 12.1 Å². The average Bonchev–Trinajstić information content (AvgIpc) is 3.23. The van der Waals surface area contributed by atoms with Gasteiger partial charge in [-0.1, -0.05) is 6.92 Å². The van der Waals surface area contributed by atoms with Gasteiger partial charge in [0.15, 0.2) is 5.82 Å². The lowest BCUT2D eigenvalue weighted by Gasteiger charge is -2.13. The zero-order valence-electron chi connectivity index (χ0n) is 13.2. The third-order valence-corrected chi connectivity index (χ3v) is 4.13. The van der Waals surface area contributed by atoms with Crippen LogP contribution in [0.2, 0.25) is 0 Å². The van der Waals surface area contributed by atoms with Crippen molar-refractivity contribution >= 4 is 0 Å². The topological polar surface area (TPSA) is 55.6 Å². The highest BCUT2D eigenvalue weighted by molar-refractivity contribution is 5.34. The Labute approximate surface area is 125 Å². The molecule has 1 aliphatic rings. The summed E-state index contributed by atoms with van der Waals surface area (Å²) in [6.07, 6.45) is 2.64. The molecule has 1 atom stereocenters. The van der Waals surface area contributed by atoms with Gasteiger partial charge in [-0.25, -0.2) is 4.68 Å². The van der Waals surface area contributed by atoms with E-state index >= 15 is 0 Å². The molecular weight excluding hydrogens is 262 g/mol. The van der Waals surface area contributed by atoms with E-state index in [1.165, 1.54) is 18.4 Å². The summed E-state index contributed by atoms with van der Waals surface area (Å²) in [5, 5.41) is 16.6. The molecule has 0 saturated heterocycles. The normalized spacial score (nSPS) is 16.2. The first kappa shape index (κ1) is 14.2. The summed E-state index contributed by atoms with van der Waals surface area (Å²) in [7, 11) is 0. The Hall–Kier alpha value is -1.75. The second-order valence-electron chi connectivity index (χ2n) is 6.11. The quantitative estimate of drug-likeness (QED) is 0.916. The largest absolute Gasteiger partial charge is 0.313 e. The summed E-state index contributed by atoms with van der Waals surface area (Å²) < 4.78 is 1.91. The Kier molecular flexibility index (Phi) is 3.76. The number of hydrogen-bond acceptors (Lipinski definition) is 4. The van der Waals surface area contributed by atoms with Crippen molar-refractivity contribution in [3.05, 3.63) is 34.8 Å². The second kappa shape index (κ2) is 5.56. The zero-order chi connectivity index (χ0) is 15.0. The Morgan fingerprint density at radius 3 is 2.62 bits per heavy atom. The van der Waals surface area contributed by atoms with Gasteiger partial charge in [-0.15, -0.1) is 5.10 Å². The van der Waals surface area contributed by atoms with Crippen LogP contribution < -0.4 is 5.32 Å². The fourth-order valence-electron chi connectivity index (χ4n) is 2.83. The molecule has 1 unspecified atom stereocenters. The molecule has 112 valence electrons. The molecule has 3 rings (SSSR count). The van der Waals surface area contributed by atoms with Crippen molar-refractivity contribution in [1.29, 1.82) is 0 Å². The first-order valence-corrected chi connectivity index (χ1v) is 7.66. The Morgan fingerprint density at radius 1 is 1.24 bits per heavy atom. The number of nitrogens with one attached hydrogen (secondary N) is 1. The summed E-state index contributed by atoms with van der Waals surface area (Å²) in [6.45, 7) is 9.41. The molecule has 21 heavy (non-hydrogen) atoms. The fourth-order valence-corrected chi connectivity index (χ4v) is 2.83. The first-order chi connectivity index (χ1) is 10.1. The number of aryl methyl sites for hydroxylation is 2. The maximum atomic E-state index is 4.66. The molecule has 1 N–H and O–H groups in total. The lowest BCUT2D eigenvalue weighted by Crippen LogP contribution is -2.22. The Bertz CT molecular complexity index is 625. The van der Waals surface area contributed by atoms with Crippen LogP contribution >= 0.6 is 0 Å². The minimum absolute atomic E-state index is 0.456. The van der Waals surface area contributed by atoms with Gasteiger partial charge < -0.3 is 5.32 Å². The maximum absolute atomic E-state index is 4.66. The van der Waals surface area contributed by atoms with Gasteiger partial charge in [0.1, 0.15) is 0 Å². The molecule has 1 saturated carbocycles. The fraction of sp³-hybridized carbons (Fsp3) is 0.562. The van der Waals surface area contributed by atoms with Gasteiger partial charge in [-0.2, -0.15) is 10.2 Å². The van der Waals surface area contributed by atoms with Gasteiger partial charge in [0.25, 0.3) is 0 Å². The van der Waals surface area contributed by atoms with Crippen LogP contribution in [-0.4, -0.2) is 32.6 Å². The summed E-state index contributed by atoms with van der Waals surface area (Å²) in [5.74, 6) is 1.24. The van der Waals surface area contributed by atoms with Crippen LogP contribution in [0.3, 0.4) is 0 Å². The molecule has 2 heterocycles. The van der Waals surface area contributed by atoms with E-state index in [0.29, 0.717) is 5.92 Å². The lowest BCUT2D eigenvalue weighted by molar-refractivity contribution is 0.607. The summed E-state index contributed by atoms with van der Waals surface area (Å²) in [6, 6.07) is 4.68. The molecule has 1 fully saturated rings. The van der Waals surface area contributed by atoms with E-state index in [2.05, 4.69) is 41.4 Å². The molecule has 0 spiro atoms. The van der Waals surface area contributed by atoms with Crippen molar-refractivity contribution in [3.8, 4) is 5.82 Å². The van der Waals surface area contributed by atoms with E-state index in [-0.39, 0.29) is 0 Å². The second-order valence-corrected chi connectivity index (χ2v) is 6.11. The molecule has 0 aromatic carbocycles. The molecule has 1 aliphatic carbocycles. The molecule has 0 radical (unpaired) electrons. The van der Waals surface area contributed by atoms with Crippen molar-refractivity contribution in [2.24, 2.45) is 0 Å². The van der Waals surface area contributed by atoms with Crippen molar-refractivity contribution in [2.75, 3.05) is 6.54 Å². The number of nitrogens with zero attached hydrogens (tertiary/aromatic N) is 4. The smallest absolute Gasteiger partial charge is 0.175 e. The van der Waals surface area contributed by atoms with E-state index < -0.39 is 0 Å². The summed E-state index contributed by atoms with van der Waals surface area (Å²) in [5.41, 5.74) is 4.49. The van der Waals surface area contributed by atoms with Gasteiger partial charge in [0, 0.05) is 23.8 Å². The molecule has 5 nitrogen and oxygen atoms in total. The molecule has 0 bridgehead atoms. The first-order valence-electron chi connectivity index (χ1n) is 7.66. The summed E-state index contributed by atoms with van der Waals surface area (Å²) in [4.78, 5) is 0. The lowest BCUT2D eigenvalue weighted by atomic mass is 9.99. The van der Waals surface area contributed by atoms with Crippen molar-refractivity contribution < 1.29 is 0 Å². The standard InChI is InChI=1S/C16H23N5/c1-10(9-17-14-6-7-14)16-12(3)20-21(13(16)4)15-8-5-11(2)18-19-15/h5,8,10,14,17H,6-7,9H2,1-4H3. The SMILES string of the molecule is Cc1ccc(-n2nc(C)c(C(C)CNC3CC3)c2C)nn1. The van der Waals surface area contributed by atoms with Crippen molar-refractivity contribution in [3.63, 3.8) is 0 Å². The van der Waals surface area contributed by atoms with E-state index in [9.17, 15) is 0 Å². The average molecular weight is 285 g/mol. The molecule has 0 aliphatic heterocycles. The van der Waals surface area contributed by atoms with Crippen LogP contribution in [0.25, 0.3) is 5.82 Å². The third kappa shape index (κ3) is 2.97. The number of aromatic nitrogens is 4. The molecular formula is C16H23N5. The van der Waals surface area contributed by atoms with E-state index in [1.807, 2.05) is 23.7 Å². The van der Waals surface area contributed by atoms with Gasteiger partial charge in [0.05, 0.1) is 11.4 Å². The zero-order valence-corrected chi connectivity index (χ0v) is 13.2. The van der Waals surface area contributed by atoms with Crippen LogP contribution in [0.1, 0.15) is 48.3 Å². The predicted molar refractivity (Wildman–Crippen MR) is 82.8 cm³/mol. The van der Waals surface area contributed by atoms with Crippen molar-refractivity contribution in [1.82, 2.24) is 25.3 Å². The Balaban J connectivity index is 1.86. The van der Waals surface area contributed by atoms with E-state index in [1.54, 1.807) is 0 Å². The monoisotopic (exact) mass is 285 g/mol. The highest BCUT2D eigenvalue weighted by atomic mass is 15.3. The van der Waals surface area contributed by atoms with Crippen LogP contribution in [0, 0.1) is 20.8 Å². The van der Waals surface area contributed by atoms with E-state index in [4.69, 9.17) is 0 Å². The van der Waals surface area contributed by atoms with Gasteiger partial charge in [0.2, 0.25) is 0 Å². The van der Waals surface area contributed by atoms with Gasteiger partial charge >= 0.3 is 0 Å². The number of hydrogen-bond donors (Lipinski definition) is 1. The van der Waals surface area contributed by atoms with Crippen LogP contribution in [0.4, 0.5) is 0 Å². The molecule has 5 heteroatoms. The maximum Gasteiger partial charge on any atom is 0.175 e. The van der Waals surface area contributed by atoms with E-state index in [0.717, 1.165) is 35.5 Å². The molecule has 2 aromatic rings. The molecule has 0 amide bonds. The predicted octanol–water partition coefficient (Wildman–Crippen LogP) is 2.44. The van der Waals surface area contributed by atoms with Gasteiger partial charge in [-0.3, -0.25) is 0 Å². The molecule has 2 aromatic heterocycles. The highest BCUT2D eigenvalue weighted by Crippen LogP contribution is 2.26.